The molecule has 0 unspecified atom stereocenters. The summed E-state index contributed by atoms with van der Waals surface area (Å²) < 4.78 is 30.1. The molecule has 0 amide bonds. The number of rotatable bonds is 1. The van der Waals surface area contributed by atoms with E-state index in [1.165, 1.54) is 17.4 Å². The Morgan fingerprint density at radius 3 is 2.20 bits per heavy atom. The molecule has 0 saturated carbocycles. The molecule has 0 radical (unpaired) electrons. The van der Waals surface area contributed by atoms with Crippen molar-refractivity contribution in [3.63, 3.8) is 0 Å². The first-order valence-corrected chi connectivity index (χ1v) is 8.87. The number of ether oxygens (including phenoxy) is 1. The molecule has 0 atom stereocenters. The van der Waals surface area contributed by atoms with Gasteiger partial charge in [-0.2, -0.15) is 0 Å². The van der Waals surface area contributed by atoms with Crippen molar-refractivity contribution in [2.45, 2.75) is 51.3 Å². The first-order valence-electron chi connectivity index (χ1n) is 6.98. The Kier molecular flexibility index (Phi) is 3.76. The highest BCUT2D eigenvalue weighted by atomic mass is 32.2. The maximum atomic E-state index is 12.2. The number of sulfone groups is 1. The third-order valence-electron chi connectivity index (χ3n) is 4.38. The molecule has 1 heterocycles. The van der Waals surface area contributed by atoms with Gasteiger partial charge in [-0.25, -0.2) is 8.42 Å². The second kappa shape index (κ2) is 4.85. The van der Waals surface area contributed by atoms with Gasteiger partial charge in [0.15, 0.2) is 9.84 Å². The van der Waals surface area contributed by atoms with Crippen LogP contribution in [0.5, 0.6) is 0 Å². The van der Waals surface area contributed by atoms with Crippen molar-refractivity contribution in [1.82, 2.24) is 0 Å². The van der Waals surface area contributed by atoms with Crippen molar-refractivity contribution in [3.8, 4) is 0 Å². The summed E-state index contributed by atoms with van der Waals surface area (Å²) in [6.07, 6.45) is 2.16. The number of fused-ring (bicyclic) bond motifs is 1. The van der Waals surface area contributed by atoms with Crippen LogP contribution in [0.4, 0.5) is 0 Å². The lowest BCUT2D eigenvalue weighted by Crippen LogP contribution is -2.26. The van der Waals surface area contributed by atoms with Crippen LogP contribution < -0.4 is 0 Å². The Balaban J connectivity index is 2.93. The maximum Gasteiger partial charge on any atom is 0.176 e. The first kappa shape index (κ1) is 15.5. The van der Waals surface area contributed by atoms with Crippen LogP contribution in [0, 0.1) is 20.8 Å². The quantitative estimate of drug-likeness (QED) is 0.800. The van der Waals surface area contributed by atoms with Crippen molar-refractivity contribution in [2.75, 3.05) is 19.5 Å². The molecule has 0 fully saturated rings. The fourth-order valence-electron chi connectivity index (χ4n) is 3.56. The van der Waals surface area contributed by atoms with E-state index in [2.05, 4.69) is 13.8 Å². The predicted molar refractivity (Wildman–Crippen MR) is 81.3 cm³/mol. The first-order chi connectivity index (χ1) is 9.07. The molecule has 20 heavy (non-hydrogen) atoms. The predicted octanol–water partition coefficient (Wildman–Crippen LogP) is 2.87. The van der Waals surface area contributed by atoms with Crippen LogP contribution >= 0.6 is 0 Å². The van der Waals surface area contributed by atoms with Crippen molar-refractivity contribution in [1.29, 1.82) is 0 Å². The van der Waals surface area contributed by atoms with Gasteiger partial charge in [0.2, 0.25) is 0 Å². The highest BCUT2D eigenvalue weighted by Crippen LogP contribution is 2.39. The molecule has 1 aliphatic heterocycles. The molecule has 0 N–H and O–H groups in total. The second-order valence-electron chi connectivity index (χ2n) is 6.52. The van der Waals surface area contributed by atoms with E-state index in [9.17, 15) is 8.42 Å². The lowest BCUT2D eigenvalue weighted by Gasteiger charge is -2.30. The minimum absolute atomic E-state index is 0.159. The van der Waals surface area contributed by atoms with Crippen LogP contribution in [0.1, 0.15) is 41.7 Å². The van der Waals surface area contributed by atoms with Crippen molar-refractivity contribution in [2.24, 2.45) is 0 Å². The van der Waals surface area contributed by atoms with Crippen molar-refractivity contribution >= 4 is 9.84 Å². The molecule has 0 saturated heterocycles. The fourth-order valence-corrected chi connectivity index (χ4v) is 4.93. The highest BCUT2D eigenvalue weighted by molar-refractivity contribution is 7.90. The van der Waals surface area contributed by atoms with E-state index in [1.807, 2.05) is 20.8 Å². The molecule has 0 aromatic heterocycles. The van der Waals surface area contributed by atoms with Gasteiger partial charge in [0.25, 0.3) is 0 Å². The summed E-state index contributed by atoms with van der Waals surface area (Å²) >= 11 is 0. The summed E-state index contributed by atoms with van der Waals surface area (Å²) in [5.74, 6) is 0. The third-order valence-corrected chi connectivity index (χ3v) is 5.73. The number of hydrogen-bond acceptors (Lipinski definition) is 3. The molecule has 0 aliphatic carbocycles. The number of hydrogen-bond donors (Lipinski definition) is 0. The molecular formula is C16H24O3S. The van der Waals surface area contributed by atoms with E-state index in [1.54, 1.807) is 0 Å². The smallest absolute Gasteiger partial charge is 0.176 e. The molecule has 0 spiro atoms. The van der Waals surface area contributed by atoms with Gasteiger partial charge >= 0.3 is 0 Å². The van der Waals surface area contributed by atoms with Gasteiger partial charge in [0, 0.05) is 11.7 Å². The Morgan fingerprint density at radius 2 is 1.65 bits per heavy atom. The van der Waals surface area contributed by atoms with Crippen molar-refractivity contribution < 1.29 is 13.2 Å². The second-order valence-corrected chi connectivity index (χ2v) is 8.47. The molecule has 3 nitrogen and oxygen atoms in total. The third kappa shape index (κ3) is 2.40. The Morgan fingerprint density at radius 1 is 1.05 bits per heavy atom. The van der Waals surface area contributed by atoms with Crippen LogP contribution in [0.15, 0.2) is 4.90 Å². The van der Waals surface area contributed by atoms with E-state index in [0.717, 1.165) is 23.1 Å². The summed E-state index contributed by atoms with van der Waals surface area (Å²) in [4.78, 5) is 0.503. The molecule has 1 aromatic rings. The van der Waals surface area contributed by atoms with Crippen LogP contribution in [0.2, 0.25) is 0 Å². The van der Waals surface area contributed by atoms with Crippen LogP contribution in [0.3, 0.4) is 0 Å². The maximum absolute atomic E-state index is 12.2. The SMILES string of the molecule is Cc1c(C)c(S(C)(=O)=O)c(C)c2c1CCOCC2(C)C. The Bertz CT molecular complexity index is 655. The molecule has 2 rings (SSSR count). The van der Waals surface area contributed by atoms with E-state index in [0.29, 0.717) is 18.1 Å². The highest BCUT2D eigenvalue weighted by Gasteiger charge is 2.33. The monoisotopic (exact) mass is 296 g/mol. The van der Waals surface area contributed by atoms with Crippen LogP contribution in [0.25, 0.3) is 0 Å². The van der Waals surface area contributed by atoms with Crippen LogP contribution in [-0.4, -0.2) is 27.9 Å². The van der Waals surface area contributed by atoms with Gasteiger partial charge < -0.3 is 4.74 Å². The average Bonchev–Trinajstić information content (AvgIpc) is 2.43. The van der Waals surface area contributed by atoms with Gasteiger partial charge in [0.05, 0.1) is 18.1 Å². The Labute approximate surface area is 122 Å². The minimum Gasteiger partial charge on any atom is -0.380 e. The fraction of sp³-hybridized carbons (Fsp3) is 0.625. The summed E-state index contributed by atoms with van der Waals surface area (Å²) in [7, 11) is -3.22. The van der Waals surface area contributed by atoms with E-state index < -0.39 is 9.84 Å². The lowest BCUT2D eigenvalue weighted by atomic mass is 9.77. The molecule has 1 aromatic carbocycles. The summed E-state index contributed by atoms with van der Waals surface area (Å²) in [6, 6.07) is 0. The van der Waals surface area contributed by atoms with Gasteiger partial charge in [-0.3, -0.25) is 0 Å². The molecular weight excluding hydrogens is 272 g/mol. The van der Waals surface area contributed by atoms with Crippen molar-refractivity contribution in [3.05, 3.63) is 27.8 Å². The van der Waals surface area contributed by atoms with Crippen LogP contribution in [-0.2, 0) is 26.4 Å². The summed E-state index contributed by atoms with van der Waals surface area (Å²) in [5, 5.41) is 0. The normalized spacial score (nSPS) is 18.5. The summed E-state index contributed by atoms with van der Waals surface area (Å²) in [6.45, 7) is 11.5. The van der Waals surface area contributed by atoms with Gasteiger partial charge in [-0.1, -0.05) is 13.8 Å². The summed E-state index contributed by atoms with van der Waals surface area (Å²) in [5.41, 5.74) is 5.17. The molecule has 112 valence electrons. The zero-order valence-electron chi connectivity index (χ0n) is 13.3. The average molecular weight is 296 g/mol. The van der Waals surface area contributed by atoms with E-state index in [4.69, 9.17) is 4.74 Å². The molecule has 1 aliphatic rings. The van der Waals surface area contributed by atoms with Gasteiger partial charge in [-0.05, 0) is 55.0 Å². The lowest BCUT2D eigenvalue weighted by molar-refractivity contribution is 0.105. The Hall–Kier alpha value is -0.870. The van der Waals surface area contributed by atoms with E-state index >= 15 is 0 Å². The van der Waals surface area contributed by atoms with E-state index in [-0.39, 0.29) is 5.41 Å². The molecule has 4 heteroatoms. The van der Waals surface area contributed by atoms with Gasteiger partial charge in [0.1, 0.15) is 0 Å². The van der Waals surface area contributed by atoms with Gasteiger partial charge in [-0.15, -0.1) is 0 Å². The molecule has 0 bridgehead atoms. The minimum atomic E-state index is -3.22. The zero-order valence-corrected chi connectivity index (χ0v) is 14.1. The largest absolute Gasteiger partial charge is 0.380 e. The number of benzene rings is 1. The topological polar surface area (TPSA) is 43.4 Å². The zero-order chi connectivity index (χ0) is 15.3. The standard InChI is InChI=1S/C16H24O3S/c1-10-11(2)15(20(6,17)18)12(3)14-13(10)7-8-19-9-16(14,4)5/h7-9H2,1-6H3.